The highest BCUT2D eigenvalue weighted by Gasteiger charge is 2.59. The van der Waals surface area contributed by atoms with Crippen LogP contribution < -0.4 is 11.2 Å². The zero-order chi connectivity index (χ0) is 13.3. The fraction of sp³-hybridized carbons (Fsp3) is 0.857. The largest absolute Gasteiger partial charge is 0.368 e. The first-order valence-electron chi connectivity index (χ1n) is 7.45. The van der Waals surface area contributed by atoms with E-state index >= 15 is 0 Å². The molecule has 5 nitrogen and oxygen atoms in total. The predicted molar refractivity (Wildman–Crippen MR) is 72.8 cm³/mol. The van der Waals surface area contributed by atoms with E-state index in [0.29, 0.717) is 0 Å². The van der Waals surface area contributed by atoms with Crippen LogP contribution in [0.1, 0.15) is 57.8 Å². The molecule has 2 spiro atoms. The van der Waals surface area contributed by atoms with Gasteiger partial charge in [0.05, 0.1) is 5.71 Å². The Balaban J connectivity index is 1.95. The highest BCUT2D eigenvalue weighted by atomic mass is 16.5. The lowest BCUT2D eigenvalue weighted by Crippen LogP contribution is -2.56. The molecule has 0 radical (unpaired) electrons. The maximum Gasteiger partial charge on any atom is 0.332 e. The molecule has 1 saturated heterocycles. The third kappa shape index (κ3) is 1.95. The van der Waals surface area contributed by atoms with Crippen molar-refractivity contribution in [3.63, 3.8) is 0 Å². The van der Waals surface area contributed by atoms with E-state index in [9.17, 15) is 4.79 Å². The average molecular weight is 265 g/mol. The van der Waals surface area contributed by atoms with Crippen molar-refractivity contribution in [3.8, 4) is 0 Å². The number of ether oxygens (including phenoxy) is 1. The third-order valence-corrected chi connectivity index (χ3v) is 5.28. The molecular weight excluding hydrogens is 242 g/mol. The van der Waals surface area contributed by atoms with Crippen LogP contribution in [0.25, 0.3) is 0 Å². The smallest absolute Gasteiger partial charge is 0.332 e. The van der Waals surface area contributed by atoms with Gasteiger partial charge < -0.3 is 10.5 Å². The Bertz CT molecular complexity index is 393. The number of carbonyl (C=O) groups is 1. The second kappa shape index (κ2) is 4.78. The Morgan fingerprint density at radius 3 is 2.53 bits per heavy atom. The molecule has 1 aliphatic heterocycles. The Kier molecular flexibility index (Phi) is 3.25. The number of nitrogens with one attached hydrogen (secondary N) is 1. The van der Waals surface area contributed by atoms with Gasteiger partial charge in [-0.25, -0.2) is 10.2 Å². The number of primary amides is 1. The Morgan fingerprint density at radius 1 is 1.16 bits per heavy atom. The molecule has 5 heteroatoms. The SMILES string of the molecule is NC(=O)N/N=C1\CCCC2(CCCC2)C12CCCO2. The van der Waals surface area contributed by atoms with Crippen LogP contribution in [0.15, 0.2) is 5.10 Å². The van der Waals surface area contributed by atoms with Crippen molar-refractivity contribution < 1.29 is 9.53 Å². The minimum Gasteiger partial charge on any atom is -0.368 e. The molecule has 19 heavy (non-hydrogen) atoms. The summed E-state index contributed by atoms with van der Waals surface area (Å²) in [6, 6.07) is -0.591. The summed E-state index contributed by atoms with van der Waals surface area (Å²) in [5.41, 5.74) is 8.63. The Hall–Kier alpha value is -1.10. The van der Waals surface area contributed by atoms with Crippen molar-refractivity contribution in [1.82, 2.24) is 5.43 Å². The lowest BCUT2D eigenvalue weighted by molar-refractivity contribution is -0.0613. The molecule has 2 amide bonds. The second-order valence-electron chi connectivity index (χ2n) is 6.15. The Morgan fingerprint density at radius 2 is 1.89 bits per heavy atom. The minimum absolute atomic E-state index is 0.218. The first kappa shape index (κ1) is 12.9. The fourth-order valence-electron chi connectivity index (χ4n) is 4.56. The van der Waals surface area contributed by atoms with Gasteiger partial charge in [0.15, 0.2) is 0 Å². The molecule has 2 saturated carbocycles. The van der Waals surface area contributed by atoms with Gasteiger partial charge in [-0.2, -0.15) is 5.10 Å². The zero-order valence-corrected chi connectivity index (χ0v) is 11.4. The highest BCUT2D eigenvalue weighted by Crippen LogP contribution is 2.58. The van der Waals surface area contributed by atoms with Gasteiger partial charge in [0.2, 0.25) is 0 Å². The van der Waals surface area contributed by atoms with Gasteiger partial charge in [-0.3, -0.25) is 0 Å². The van der Waals surface area contributed by atoms with Crippen molar-refractivity contribution in [3.05, 3.63) is 0 Å². The van der Waals surface area contributed by atoms with Crippen LogP contribution in [0.4, 0.5) is 4.79 Å². The van der Waals surface area contributed by atoms with E-state index in [1.54, 1.807) is 0 Å². The molecule has 0 aromatic carbocycles. The standard InChI is InChI=1S/C14H23N3O2/c15-12(18)17-16-11-5-3-8-13(6-1-2-7-13)14(11)9-4-10-19-14/h1-10H2,(H3,15,17,18)/b16-11+. The molecule has 3 N–H and O–H groups in total. The average Bonchev–Trinajstić information content (AvgIpc) is 3.02. The van der Waals surface area contributed by atoms with Crippen molar-refractivity contribution in [2.24, 2.45) is 16.3 Å². The van der Waals surface area contributed by atoms with E-state index in [1.807, 2.05) is 0 Å². The van der Waals surface area contributed by atoms with Crippen molar-refractivity contribution in [2.45, 2.75) is 63.4 Å². The maximum absolute atomic E-state index is 10.9. The first-order chi connectivity index (χ1) is 9.19. The summed E-state index contributed by atoms with van der Waals surface area (Å²) in [5.74, 6) is 0. The van der Waals surface area contributed by atoms with Gasteiger partial charge in [-0.1, -0.05) is 12.8 Å². The summed E-state index contributed by atoms with van der Waals surface area (Å²) in [6.07, 6.45) is 10.5. The molecule has 1 unspecified atom stereocenters. The van der Waals surface area contributed by atoms with Crippen LogP contribution in [0.5, 0.6) is 0 Å². The number of hydrogen-bond acceptors (Lipinski definition) is 3. The van der Waals surface area contributed by atoms with E-state index in [4.69, 9.17) is 10.5 Å². The van der Waals surface area contributed by atoms with Crippen LogP contribution >= 0.6 is 0 Å². The Labute approximate surface area is 113 Å². The summed E-state index contributed by atoms with van der Waals surface area (Å²) < 4.78 is 6.24. The molecule has 1 heterocycles. The quantitative estimate of drug-likeness (QED) is 0.714. The molecule has 0 aromatic heterocycles. The van der Waals surface area contributed by atoms with Gasteiger partial charge in [-0.05, 0) is 44.9 Å². The second-order valence-corrected chi connectivity index (χ2v) is 6.15. The molecule has 3 rings (SSSR count). The molecular formula is C14H23N3O2. The van der Waals surface area contributed by atoms with Crippen LogP contribution in [-0.4, -0.2) is 24.0 Å². The first-order valence-corrected chi connectivity index (χ1v) is 7.45. The number of hydrogen-bond donors (Lipinski definition) is 2. The lowest BCUT2D eigenvalue weighted by Gasteiger charge is -2.50. The number of nitrogens with zero attached hydrogens (tertiary/aromatic N) is 1. The zero-order valence-electron chi connectivity index (χ0n) is 11.4. The number of rotatable bonds is 1. The molecule has 0 aromatic rings. The predicted octanol–water partition coefficient (Wildman–Crippen LogP) is 2.30. The minimum atomic E-state index is -0.591. The van der Waals surface area contributed by atoms with Crippen molar-refractivity contribution in [2.75, 3.05) is 6.61 Å². The summed E-state index contributed by atoms with van der Waals surface area (Å²) in [5, 5.41) is 4.30. The lowest BCUT2D eigenvalue weighted by atomic mass is 9.60. The van der Waals surface area contributed by atoms with E-state index in [2.05, 4.69) is 10.5 Å². The van der Waals surface area contributed by atoms with Crippen molar-refractivity contribution in [1.29, 1.82) is 0 Å². The van der Waals surface area contributed by atoms with Gasteiger partial charge in [0.1, 0.15) is 5.60 Å². The van der Waals surface area contributed by atoms with Gasteiger partial charge in [0.25, 0.3) is 0 Å². The van der Waals surface area contributed by atoms with E-state index < -0.39 is 6.03 Å². The maximum atomic E-state index is 10.9. The van der Waals surface area contributed by atoms with Crippen LogP contribution in [0.2, 0.25) is 0 Å². The molecule has 3 fully saturated rings. The highest BCUT2D eigenvalue weighted by molar-refractivity contribution is 5.95. The van der Waals surface area contributed by atoms with E-state index in [1.165, 1.54) is 32.1 Å². The summed E-state index contributed by atoms with van der Waals surface area (Å²) in [6.45, 7) is 0.817. The van der Waals surface area contributed by atoms with Crippen LogP contribution in [-0.2, 0) is 4.74 Å². The van der Waals surface area contributed by atoms with Gasteiger partial charge in [-0.15, -0.1) is 0 Å². The number of carbonyl (C=O) groups excluding carboxylic acids is 1. The molecule has 3 aliphatic rings. The third-order valence-electron chi connectivity index (χ3n) is 5.28. The van der Waals surface area contributed by atoms with Crippen LogP contribution in [0, 0.1) is 5.41 Å². The van der Waals surface area contributed by atoms with Gasteiger partial charge >= 0.3 is 6.03 Å². The number of fused-ring (bicyclic) bond motifs is 1. The summed E-state index contributed by atoms with van der Waals surface area (Å²) in [4.78, 5) is 10.9. The van der Waals surface area contributed by atoms with Crippen LogP contribution in [0.3, 0.4) is 0 Å². The monoisotopic (exact) mass is 265 g/mol. The number of urea groups is 1. The molecule has 2 aliphatic carbocycles. The molecule has 1 atom stereocenters. The summed E-state index contributed by atoms with van der Waals surface area (Å²) >= 11 is 0. The fourth-order valence-corrected chi connectivity index (χ4v) is 4.56. The van der Waals surface area contributed by atoms with E-state index in [-0.39, 0.29) is 11.0 Å². The summed E-state index contributed by atoms with van der Waals surface area (Å²) in [7, 11) is 0. The molecule has 106 valence electrons. The topological polar surface area (TPSA) is 76.7 Å². The van der Waals surface area contributed by atoms with Crippen molar-refractivity contribution >= 4 is 11.7 Å². The molecule has 0 bridgehead atoms. The number of nitrogens with two attached hydrogens (primary N) is 1. The number of hydrazone groups is 1. The van der Waals surface area contributed by atoms with E-state index in [0.717, 1.165) is 38.0 Å². The normalized spacial score (nSPS) is 35.3. The van der Waals surface area contributed by atoms with Gasteiger partial charge in [0, 0.05) is 12.0 Å². The number of amides is 2.